The number of carbonyl (C=O) groups is 1. The Morgan fingerprint density at radius 1 is 1.18 bits per heavy atom. The Morgan fingerprint density at radius 3 is 2.32 bits per heavy atom. The van der Waals surface area contributed by atoms with Gasteiger partial charge >= 0.3 is 0 Å². The molecule has 11 nitrogen and oxygen atoms in total. The highest BCUT2D eigenvalue weighted by Crippen LogP contribution is 2.09. The highest BCUT2D eigenvalue weighted by molar-refractivity contribution is 5.92. The second-order valence-corrected chi connectivity index (χ2v) is 5.39. The standard InChI is InChI=1S/C6H6N2O.C6H15NO2.C5H5N5/c7-6(9)5-2-1-3-8-4-5;1-5(8-3)7-6(2)9-4;6-4-3-5(9-1-7-3)10-2-8-4/h1-4H,(H2,7,9);5-7H,1-4H3;1-2H,(H3,6,7,8,9,10). The Balaban J connectivity index is 0.000000211. The summed E-state index contributed by atoms with van der Waals surface area (Å²) in [6.45, 7) is 3.85. The minimum Gasteiger partial charge on any atom is -0.382 e. The van der Waals surface area contributed by atoms with Gasteiger partial charge in [0.15, 0.2) is 11.5 Å². The maximum absolute atomic E-state index is 10.4. The Labute approximate surface area is 162 Å². The normalized spacial score (nSPS) is 12.1. The molecule has 0 fully saturated rings. The van der Waals surface area contributed by atoms with Crippen LogP contribution in [0.15, 0.2) is 37.2 Å². The average Bonchev–Trinajstić information content (AvgIpc) is 3.19. The number of amides is 1. The van der Waals surface area contributed by atoms with Gasteiger partial charge in [-0.1, -0.05) is 0 Å². The molecule has 2 unspecified atom stereocenters. The lowest BCUT2D eigenvalue weighted by Gasteiger charge is -2.16. The van der Waals surface area contributed by atoms with Crippen LogP contribution in [0, 0.1) is 0 Å². The first-order chi connectivity index (χ1) is 13.4. The van der Waals surface area contributed by atoms with E-state index in [9.17, 15) is 4.79 Å². The summed E-state index contributed by atoms with van der Waals surface area (Å²) in [5.41, 5.74) is 12.1. The van der Waals surface area contributed by atoms with Gasteiger partial charge in [-0.2, -0.15) is 0 Å². The lowest BCUT2D eigenvalue weighted by molar-refractivity contribution is 0.00787. The number of hydrogen-bond acceptors (Lipinski definition) is 9. The first-order valence-corrected chi connectivity index (χ1v) is 8.30. The number of anilines is 1. The van der Waals surface area contributed by atoms with Gasteiger partial charge in [-0.05, 0) is 26.0 Å². The first kappa shape index (κ1) is 22.9. The van der Waals surface area contributed by atoms with Crippen molar-refractivity contribution in [2.24, 2.45) is 5.73 Å². The number of nitrogens with zero attached hydrogens (tertiary/aromatic N) is 4. The van der Waals surface area contributed by atoms with E-state index in [1.54, 1.807) is 32.5 Å². The number of rotatable bonds is 5. The van der Waals surface area contributed by atoms with Crippen LogP contribution in [0.5, 0.6) is 0 Å². The summed E-state index contributed by atoms with van der Waals surface area (Å²) in [4.78, 5) is 28.5. The van der Waals surface area contributed by atoms with E-state index in [0.717, 1.165) is 0 Å². The number of nitrogen functional groups attached to an aromatic ring is 1. The fourth-order valence-electron chi connectivity index (χ4n) is 1.76. The fraction of sp³-hybridized carbons (Fsp3) is 0.353. The van der Waals surface area contributed by atoms with Crippen LogP contribution in [0.3, 0.4) is 0 Å². The van der Waals surface area contributed by atoms with Crippen molar-refractivity contribution in [1.29, 1.82) is 0 Å². The number of hydrogen-bond donors (Lipinski definition) is 4. The SMILES string of the molecule is COC(C)NC(C)OC.NC(=O)c1cccnc1.Nc1ncnc2[nH]cnc12. The van der Waals surface area contributed by atoms with Crippen LogP contribution < -0.4 is 16.8 Å². The van der Waals surface area contributed by atoms with Crippen molar-refractivity contribution in [3.8, 4) is 0 Å². The number of aromatic nitrogens is 5. The molecule has 0 saturated carbocycles. The quantitative estimate of drug-likeness (QED) is 0.458. The summed E-state index contributed by atoms with van der Waals surface area (Å²) in [5.74, 6) is -0.0330. The molecule has 3 heterocycles. The molecule has 28 heavy (non-hydrogen) atoms. The number of ether oxygens (including phenoxy) is 2. The molecule has 152 valence electrons. The van der Waals surface area contributed by atoms with Crippen LogP contribution in [0.2, 0.25) is 0 Å². The van der Waals surface area contributed by atoms with E-state index >= 15 is 0 Å². The molecular formula is C17H26N8O3. The Morgan fingerprint density at radius 2 is 1.86 bits per heavy atom. The predicted octanol–water partition coefficient (Wildman–Crippen LogP) is 0.676. The van der Waals surface area contributed by atoms with E-state index in [-0.39, 0.29) is 12.5 Å². The summed E-state index contributed by atoms with van der Waals surface area (Å²) in [6, 6.07) is 3.29. The van der Waals surface area contributed by atoms with Crippen LogP contribution in [-0.4, -0.2) is 57.5 Å². The summed E-state index contributed by atoms with van der Waals surface area (Å²) in [6.07, 6.45) is 6.07. The van der Waals surface area contributed by atoms with Crippen LogP contribution in [-0.2, 0) is 9.47 Å². The maximum Gasteiger partial charge on any atom is 0.250 e. The van der Waals surface area contributed by atoms with E-state index in [2.05, 4.69) is 30.2 Å². The van der Waals surface area contributed by atoms with Crippen molar-refractivity contribution < 1.29 is 14.3 Å². The molecule has 3 aromatic heterocycles. The van der Waals surface area contributed by atoms with E-state index in [0.29, 0.717) is 22.5 Å². The van der Waals surface area contributed by atoms with Crippen molar-refractivity contribution in [1.82, 2.24) is 30.2 Å². The van der Waals surface area contributed by atoms with Gasteiger partial charge in [0.25, 0.3) is 0 Å². The van der Waals surface area contributed by atoms with Crippen molar-refractivity contribution in [2.45, 2.75) is 26.3 Å². The molecule has 0 aliphatic carbocycles. The van der Waals surface area contributed by atoms with Gasteiger partial charge in [-0.3, -0.25) is 15.1 Å². The molecule has 0 spiro atoms. The molecule has 1 amide bonds. The zero-order valence-electron chi connectivity index (χ0n) is 16.3. The van der Waals surface area contributed by atoms with Gasteiger partial charge in [0, 0.05) is 26.6 Å². The third-order valence-corrected chi connectivity index (χ3v) is 3.37. The zero-order chi connectivity index (χ0) is 20.9. The van der Waals surface area contributed by atoms with E-state index in [1.165, 1.54) is 18.9 Å². The zero-order valence-corrected chi connectivity index (χ0v) is 16.3. The number of nitrogens with one attached hydrogen (secondary N) is 2. The van der Waals surface area contributed by atoms with Crippen molar-refractivity contribution in [3.05, 3.63) is 42.7 Å². The summed E-state index contributed by atoms with van der Waals surface area (Å²) in [7, 11) is 3.31. The first-order valence-electron chi connectivity index (χ1n) is 8.30. The van der Waals surface area contributed by atoms with Gasteiger partial charge < -0.3 is 25.9 Å². The number of nitrogens with two attached hydrogens (primary N) is 2. The molecule has 3 rings (SSSR count). The second-order valence-electron chi connectivity index (χ2n) is 5.39. The monoisotopic (exact) mass is 390 g/mol. The van der Waals surface area contributed by atoms with E-state index in [1.807, 2.05) is 13.8 Å². The van der Waals surface area contributed by atoms with E-state index < -0.39 is 5.91 Å². The number of pyridine rings is 1. The number of H-pyrrole nitrogens is 1. The smallest absolute Gasteiger partial charge is 0.250 e. The Hall–Kier alpha value is -3.15. The molecule has 0 bridgehead atoms. The third kappa shape index (κ3) is 8.03. The third-order valence-electron chi connectivity index (χ3n) is 3.37. The van der Waals surface area contributed by atoms with Gasteiger partial charge in [-0.25, -0.2) is 15.0 Å². The lowest BCUT2D eigenvalue weighted by atomic mass is 10.3. The Kier molecular flexibility index (Phi) is 10.0. The summed E-state index contributed by atoms with van der Waals surface area (Å²) >= 11 is 0. The fourth-order valence-corrected chi connectivity index (χ4v) is 1.76. The summed E-state index contributed by atoms with van der Waals surface area (Å²) in [5, 5.41) is 3.03. The minimum absolute atomic E-state index is 0.0555. The van der Waals surface area contributed by atoms with Crippen LogP contribution in [0.1, 0.15) is 24.2 Å². The molecule has 0 aromatic carbocycles. The number of carbonyl (C=O) groups excluding carboxylic acids is 1. The molecule has 3 aromatic rings. The molecule has 11 heteroatoms. The molecule has 0 aliphatic heterocycles. The van der Waals surface area contributed by atoms with Gasteiger partial charge in [0.2, 0.25) is 5.91 Å². The van der Waals surface area contributed by atoms with Crippen molar-refractivity contribution in [2.75, 3.05) is 20.0 Å². The van der Waals surface area contributed by atoms with Gasteiger partial charge in [0.05, 0.1) is 11.9 Å². The van der Waals surface area contributed by atoms with Crippen LogP contribution in [0.25, 0.3) is 11.2 Å². The number of aromatic amines is 1. The van der Waals surface area contributed by atoms with E-state index in [4.69, 9.17) is 20.9 Å². The topological polar surface area (TPSA) is 167 Å². The van der Waals surface area contributed by atoms with Crippen molar-refractivity contribution >= 4 is 22.9 Å². The number of methoxy groups -OCH3 is 2. The highest BCUT2D eigenvalue weighted by Gasteiger charge is 2.02. The molecular weight excluding hydrogens is 364 g/mol. The number of fused-ring (bicyclic) bond motifs is 1. The van der Waals surface area contributed by atoms with Crippen molar-refractivity contribution in [3.63, 3.8) is 0 Å². The maximum atomic E-state index is 10.4. The van der Waals surface area contributed by atoms with Gasteiger partial charge in [-0.15, -0.1) is 0 Å². The highest BCUT2D eigenvalue weighted by atomic mass is 16.5. The molecule has 0 radical (unpaired) electrons. The second kappa shape index (κ2) is 12.3. The lowest BCUT2D eigenvalue weighted by Crippen LogP contribution is -2.36. The average molecular weight is 390 g/mol. The molecule has 0 aliphatic rings. The summed E-state index contributed by atoms with van der Waals surface area (Å²) < 4.78 is 9.86. The predicted molar refractivity (Wildman–Crippen MR) is 105 cm³/mol. The molecule has 0 saturated heterocycles. The minimum atomic E-state index is -0.442. The number of primary amides is 1. The molecule has 6 N–H and O–H groups in total. The molecule has 2 atom stereocenters. The van der Waals surface area contributed by atoms with Gasteiger partial charge in [0.1, 0.15) is 24.3 Å². The Bertz CT molecular complexity index is 819. The largest absolute Gasteiger partial charge is 0.382 e. The number of imidazole rings is 1. The van der Waals surface area contributed by atoms with Crippen LogP contribution >= 0.6 is 0 Å². The van der Waals surface area contributed by atoms with Crippen LogP contribution in [0.4, 0.5) is 5.82 Å².